The molecule has 0 aliphatic carbocycles. The van der Waals surface area contributed by atoms with Crippen LogP contribution in [0.25, 0.3) is 0 Å². The van der Waals surface area contributed by atoms with Crippen LogP contribution in [0, 0.1) is 11.8 Å². The van der Waals surface area contributed by atoms with Gasteiger partial charge in [0.25, 0.3) is 0 Å². The lowest BCUT2D eigenvalue weighted by Gasteiger charge is -2.24. The molecule has 3 heteroatoms. The van der Waals surface area contributed by atoms with Crippen molar-refractivity contribution in [1.29, 1.82) is 0 Å². The van der Waals surface area contributed by atoms with Crippen molar-refractivity contribution in [2.45, 2.75) is 66.0 Å². The fraction of sp³-hybridized carbons (Fsp3) is 0.800. The Bertz CT molecular complexity index is 396. The predicted octanol–water partition coefficient (Wildman–Crippen LogP) is 3.07. The summed E-state index contributed by atoms with van der Waals surface area (Å²) in [7, 11) is 0. The Morgan fingerprint density at radius 3 is 2.39 bits per heavy atom. The van der Waals surface area contributed by atoms with Gasteiger partial charge in [-0.05, 0) is 24.7 Å². The third-order valence-corrected chi connectivity index (χ3v) is 4.16. The molecule has 0 fully saturated rings. The van der Waals surface area contributed by atoms with E-state index in [-0.39, 0.29) is 0 Å². The lowest BCUT2D eigenvalue weighted by Crippen LogP contribution is -2.19. The average molecular weight is 249 g/mol. The van der Waals surface area contributed by atoms with Crippen molar-refractivity contribution in [3.63, 3.8) is 0 Å². The third-order valence-electron chi connectivity index (χ3n) is 4.16. The molecular formula is C15H27N3. The van der Waals surface area contributed by atoms with Gasteiger partial charge in [0, 0.05) is 25.4 Å². The Kier molecular flexibility index (Phi) is 4.10. The van der Waals surface area contributed by atoms with E-state index in [4.69, 9.17) is 10.7 Å². The second-order valence-corrected chi connectivity index (χ2v) is 6.19. The van der Waals surface area contributed by atoms with Crippen LogP contribution in [-0.2, 0) is 19.5 Å². The maximum absolute atomic E-state index is 6.00. The minimum atomic E-state index is 0.529. The van der Waals surface area contributed by atoms with Gasteiger partial charge in [-0.1, -0.05) is 27.7 Å². The lowest BCUT2D eigenvalue weighted by molar-refractivity contribution is 0.378. The molecule has 18 heavy (non-hydrogen) atoms. The highest BCUT2D eigenvalue weighted by Gasteiger charge is 2.28. The molecule has 3 nitrogen and oxygen atoms in total. The van der Waals surface area contributed by atoms with Crippen LogP contribution in [0.1, 0.15) is 63.7 Å². The van der Waals surface area contributed by atoms with Gasteiger partial charge in [0.2, 0.25) is 0 Å². The Labute approximate surface area is 111 Å². The molecule has 0 saturated carbocycles. The number of aromatic nitrogens is 2. The van der Waals surface area contributed by atoms with Crippen LogP contribution >= 0.6 is 0 Å². The van der Waals surface area contributed by atoms with E-state index in [2.05, 4.69) is 32.3 Å². The van der Waals surface area contributed by atoms with Gasteiger partial charge in [0.05, 0.1) is 11.4 Å². The molecule has 102 valence electrons. The number of imidazole rings is 1. The van der Waals surface area contributed by atoms with Crippen molar-refractivity contribution in [2.75, 3.05) is 0 Å². The molecular weight excluding hydrogens is 222 g/mol. The average Bonchev–Trinajstić information content (AvgIpc) is 2.65. The van der Waals surface area contributed by atoms with Crippen molar-refractivity contribution >= 4 is 0 Å². The Morgan fingerprint density at radius 1 is 1.17 bits per heavy atom. The molecule has 1 aliphatic rings. The van der Waals surface area contributed by atoms with E-state index in [1.165, 1.54) is 30.1 Å². The summed E-state index contributed by atoms with van der Waals surface area (Å²) in [5.41, 5.74) is 8.56. The third kappa shape index (κ3) is 2.33. The Balaban J connectivity index is 2.45. The summed E-state index contributed by atoms with van der Waals surface area (Å²) in [5, 5.41) is 0. The molecule has 0 aromatic carbocycles. The van der Waals surface area contributed by atoms with E-state index in [0.29, 0.717) is 24.3 Å². The summed E-state index contributed by atoms with van der Waals surface area (Å²) in [4.78, 5) is 4.95. The summed E-state index contributed by atoms with van der Waals surface area (Å²) in [6, 6.07) is 0. The second-order valence-electron chi connectivity index (χ2n) is 6.19. The SMILES string of the molecule is CC(C)C(c1nc2n(c1CN)CCCC2)C(C)C. The van der Waals surface area contributed by atoms with Crippen LogP contribution in [0.5, 0.6) is 0 Å². The topological polar surface area (TPSA) is 43.8 Å². The van der Waals surface area contributed by atoms with Crippen molar-refractivity contribution in [3.8, 4) is 0 Å². The molecule has 2 N–H and O–H groups in total. The van der Waals surface area contributed by atoms with Crippen LogP contribution < -0.4 is 5.73 Å². The first-order chi connectivity index (χ1) is 8.56. The van der Waals surface area contributed by atoms with E-state index >= 15 is 0 Å². The molecule has 0 atom stereocenters. The van der Waals surface area contributed by atoms with Crippen molar-refractivity contribution in [1.82, 2.24) is 9.55 Å². The van der Waals surface area contributed by atoms with Gasteiger partial charge in [-0.15, -0.1) is 0 Å². The predicted molar refractivity (Wildman–Crippen MR) is 75.5 cm³/mol. The molecule has 1 aromatic rings. The van der Waals surface area contributed by atoms with Crippen LogP contribution in [0.3, 0.4) is 0 Å². The zero-order chi connectivity index (χ0) is 13.3. The smallest absolute Gasteiger partial charge is 0.109 e. The largest absolute Gasteiger partial charge is 0.331 e. The van der Waals surface area contributed by atoms with E-state index < -0.39 is 0 Å². The molecule has 0 bridgehead atoms. The maximum atomic E-state index is 6.00. The van der Waals surface area contributed by atoms with Gasteiger partial charge >= 0.3 is 0 Å². The number of aryl methyl sites for hydroxylation is 1. The number of hydrogen-bond acceptors (Lipinski definition) is 2. The van der Waals surface area contributed by atoms with Gasteiger partial charge < -0.3 is 10.3 Å². The van der Waals surface area contributed by atoms with E-state index in [1.807, 2.05) is 0 Å². The van der Waals surface area contributed by atoms with Gasteiger partial charge in [-0.3, -0.25) is 0 Å². The first kappa shape index (κ1) is 13.6. The highest BCUT2D eigenvalue weighted by Crippen LogP contribution is 2.34. The first-order valence-corrected chi connectivity index (χ1v) is 7.34. The zero-order valence-corrected chi connectivity index (χ0v) is 12.2. The first-order valence-electron chi connectivity index (χ1n) is 7.34. The summed E-state index contributed by atoms with van der Waals surface area (Å²) >= 11 is 0. The zero-order valence-electron chi connectivity index (χ0n) is 12.2. The van der Waals surface area contributed by atoms with E-state index in [1.54, 1.807) is 0 Å². The lowest BCUT2D eigenvalue weighted by atomic mass is 9.82. The molecule has 0 unspecified atom stereocenters. The van der Waals surface area contributed by atoms with Crippen molar-refractivity contribution in [3.05, 3.63) is 17.2 Å². The van der Waals surface area contributed by atoms with Crippen molar-refractivity contribution in [2.24, 2.45) is 17.6 Å². The monoisotopic (exact) mass is 249 g/mol. The van der Waals surface area contributed by atoms with Crippen molar-refractivity contribution < 1.29 is 0 Å². The van der Waals surface area contributed by atoms with E-state index in [0.717, 1.165) is 13.0 Å². The van der Waals surface area contributed by atoms with Crippen LogP contribution in [0.2, 0.25) is 0 Å². The number of rotatable bonds is 4. The quantitative estimate of drug-likeness (QED) is 0.891. The molecule has 0 saturated heterocycles. The minimum absolute atomic E-state index is 0.529. The normalized spacial score (nSPS) is 15.8. The molecule has 2 rings (SSSR count). The summed E-state index contributed by atoms with van der Waals surface area (Å²) in [5.74, 6) is 3.03. The van der Waals surface area contributed by atoms with Gasteiger partial charge in [0.1, 0.15) is 5.82 Å². The molecule has 1 aliphatic heterocycles. The molecule has 1 aromatic heterocycles. The van der Waals surface area contributed by atoms with Gasteiger partial charge in [-0.2, -0.15) is 0 Å². The number of fused-ring (bicyclic) bond motifs is 1. The highest BCUT2D eigenvalue weighted by atomic mass is 15.1. The number of hydrogen-bond donors (Lipinski definition) is 1. The number of nitrogens with zero attached hydrogens (tertiary/aromatic N) is 2. The molecule has 0 spiro atoms. The minimum Gasteiger partial charge on any atom is -0.331 e. The molecule has 0 amide bonds. The summed E-state index contributed by atoms with van der Waals surface area (Å²) < 4.78 is 2.39. The number of nitrogens with two attached hydrogens (primary N) is 1. The molecule has 0 radical (unpaired) electrons. The second kappa shape index (κ2) is 5.43. The van der Waals surface area contributed by atoms with Gasteiger partial charge in [-0.25, -0.2) is 4.98 Å². The standard InChI is InChI=1S/C15H27N3/c1-10(2)14(11(3)4)15-12(9-16)18-8-6-5-7-13(18)17-15/h10-11,14H,5-9,16H2,1-4H3. The Hall–Kier alpha value is -0.830. The summed E-state index contributed by atoms with van der Waals surface area (Å²) in [6.07, 6.45) is 3.66. The van der Waals surface area contributed by atoms with Crippen LogP contribution in [0.4, 0.5) is 0 Å². The van der Waals surface area contributed by atoms with Crippen LogP contribution in [-0.4, -0.2) is 9.55 Å². The summed E-state index contributed by atoms with van der Waals surface area (Å²) in [6.45, 7) is 10.9. The van der Waals surface area contributed by atoms with Gasteiger partial charge in [0.15, 0.2) is 0 Å². The van der Waals surface area contributed by atoms with Crippen LogP contribution in [0.15, 0.2) is 0 Å². The fourth-order valence-corrected chi connectivity index (χ4v) is 3.45. The fourth-order valence-electron chi connectivity index (χ4n) is 3.45. The van der Waals surface area contributed by atoms with E-state index in [9.17, 15) is 0 Å². The molecule has 2 heterocycles. The Morgan fingerprint density at radius 2 is 1.83 bits per heavy atom. The highest BCUT2D eigenvalue weighted by molar-refractivity contribution is 5.23. The maximum Gasteiger partial charge on any atom is 0.109 e.